The third-order valence-electron chi connectivity index (χ3n) is 5.36. The van der Waals surface area contributed by atoms with Crippen LogP contribution in [0.15, 0.2) is 30.7 Å². The van der Waals surface area contributed by atoms with Crippen molar-refractivity contribution in [2.75, 3.05) is 23.9 Å². The first kappa shape index (κ1) is 16.8. The lowest BCUT2D eigenvalue weighted by atomic mass is 10.0. The Balaban J connectivity index is 1.53. The molecule has 0 aliphatic carbocycles. The van der Waals surface area contributed by atoms with Crippen molar-refractivity contribution in [2.24, 2.45) is 0 Å². The van der Waals surface area contributed by atoms with Crippen LogP contribution < -0.4 is 10.2 Å². The number of hydrogen-bond donors (Lipinski definition) is 2. The van der Waals surface area contributed by atoms with E-state index in [1.807, 2.05) is 30.0 Å². The first-order valence-electron chi connectivity index (χ1n) is 9.09. The van der Waals surface area contributed by atoms with Crippen LogP contribution in [-0.4, -0.2) is 56.9 Å². The number of aromatic amines is 1. The number of ether oxygens (including phenoxy) is 1. The monoisotopic (exact) mass is 377 g/mol. The van der Waals surface area contributed by atoms with Crippen molar-refractivity contribution < 1.29 is 9.53 Å². The van der Waals surface area contributed by atoms with Gasteiger partial charge in [0.2, 0.25) is 5.91 Å². The number of aryl methyl sites for hydroxylation is 1. The first-order valence-corrected chi connectivity index (χ1v) is 9.09. The van der Waals surface area contributed by atoms with Crippen molar-refractivity contribution >= 4 is 17.5 Å². The maximum atomic E-state index is 12.4. The molecule has 5 rings (SSSR count). The van der Waals surface area contributed by atoms with Gasteiger partial charge in [-0.1, -0.05) is 12.1 Å². The Morgan fingerprint density at radius 1 is 1.32 bits per heavy atom. The van der Waals surface area contributed by atoms with Crippen LogP contribution in [0.3, 0.4) is 0 Å². The van der Waals surface area contributed by atoms with Crippen molar-refractivity contribution in [3.63, 3.8) is 0 Å². The van der Waals surface area contributed by atoms with Crippen molar-refractivity contribution in [1.29, 1.82) is 0 Å². The summed E-state index contributed by atoms with van der Waals surface area (Å²) in [5.74, 6) is 1.86. The zero-order valence-corrected chi connectivity index (χ0v) is 15.5. The number of rotatable bonds is 3. The highest BCUT2D eigenvalue weighted by molar-refractivity contribution is 6.02. The number of anilines is 2. The molecule has 142 valence electrons. The minimum absolute atomic E-state index is 0.00933. The van der Waals surface area contributed by atoms with Crippen molar-refractivity contribution in [3.8, 4) is 22.6 Å². The average molecular weight is 377 g/mol. The minimum Gasteiger partial charge on any atom is -0.380 e. The maximum absolute atomic E-state index is 12.4. The lowest BCUT2D eigenvalue weighted by Crippen LogP contribution is -2.44. The quantitative estimate of drug-likeness (QED) is 0.716. The first-order chi connectivity index (χ1) is 13.6. The molecule has 0 radical (unpaired) electrons. The Bertz CT molecular complexity index is 1050. The van der Waals surface area contributed by atoms with Crippen LogP contribution >= 0.6 is 0 Å². The number of carbonyl (C=O) groups excluding carboxylic acids is 1. The van der Waals surface area contributed by atoms with Crippen LogP contribution in [0.1, 0.15) is 12.0 Å². The lowest BCUT2D eigenvalue weighted by Gasteiger charge is -2.30. The number of H-pyrrole nitrogens is 1. The number of amides is 1. The molecule has 28 heavy (non-hydrogen) atoms. The molecule has 1 amide bonds. The van der Waals surface area contributed by atoms with Crippen LogP contribution in [-0.2, 0) is 9.53 Å². The molecule has 9 heteroatoms. The van der Waals surface area contributed by atoms with Gasteiger partial charge in [0, 0.05) is 31.2 Å². The number of fused-ring (bicyclic) bond motifs is 3. The van der Waals surface area contributed by atoms with Gasteiger partial charge in [0.1, 0.15) is 12.4 Å². The van der Waals surface area contributed by atoms with Gasteiger partial charge in [-0.15, -0.1) is 10.2 Å². The highest BCUT2D eigenvalue weighted by atomic mass is 16.5. The van der Waals surface area contributed by atoms with Gasteiger partial charge >= 0.3 is 0 Å². The predicted octanol–water partition coefficient (Wildman–Crippen LogP) is 1.78. The van der Waals surface area contributed by atoms with E-state index in [4.69, 9.17) is 9.72 Å². The van der Waals surface area contributed by atoms with E-state index in [9.17, 15) is 4.79 Å². The molecule has 2 aromatic heterocycles. The predicted molar refractivity (Wildman–Crippen MR) is 103 cm³/mol. The van der Waals surface area contributed by atoms with Gasteiger partial charge in [0.25, 0.3) is 0 Å². The summed E-state index contributed by atoms with van der Waals surface area (Å²) in [6.07, 6.45) is 3.91. The summed E-state index contributed by atoms with van der Waals surface area (Å²) in [5, 5.41) is 10.8. The van der Waals surface area contributed by atoms with Crippen LogP contribution in [0.5, 0.6) is 0 Å². The fourth-order valence-electron chi connectivity index (χ4n) is 3.89. The van der Waals surface area contributed by atoms with Gasteiger partial charge in [0.05, 0.1) is 18.0 Å². The van der Waals surface area contributed by atoms with Gasteiger partial charge in [0.15, 0.2) is 17.5 Å². The third kappa shape index (κ3) is 2.63. The number of nitrogens with one attached hydrogen (secondary N) is 2. The number of aromatic nitrogens is 5. The summed E-state index contributed by atoms with van der Waals surface area (Å²) in [7, 11) is 1.67. The lowest BCUT2D eigenvalue weighted by molar-refractivity contribution is -0.117. The SMILES string of the molecule is COC1C[C@@H]2C(=O)Nc3ncc(-c4ccc(-c5nnc[nH]5)cc4C)nc3N2C1. The second kappa shape index (κ2) is 6.38. The van der Waals surface area contributed by atoms with E-state index < -0.39 is 0 Å². The number of benzene rings is 1. The number of nitrogens with zero attached hydrogens (tertiary/aromatic N) is 5. The largest absolute Gasteiger partial charge is 0.380 e. The molecular weight excluding hydrogens is 358 g/mol. The molecule has 9 nitrogen and oxygen atoms in total. The van der Waals surface area contributed by atoms with E-state index in [2.05, 4.69) is 25.5 Å². The third-order valence-corrected chi connectivity index (χ3v) is 5.36. The second-order valence-corrected chi connectivity index (χ2v) is 7.05. The summed E-state index contributed by atoms with van der Waals surface area (Å²) in [4.78, 5) is 26.7. The Kier molecular flexibility index (Phi) is 3.83. The molecule has 2 N–H and O–H groups in total. The molecule has 1 aromatic carbocycles. The maximum Gasteiger partial charge on any atom is 0.248 e. The Morgan fingerprint density at radius 2 is 2.21 bits per heavy atom. The van der Waals surface area contributed by atoms with E-state index in [1.165, 1.54) is 0 Å². The molecule has 2 aliphatic heterocycles. The van der Waals surface area contributed by atoms with Gasteiger partial charge < -0.3 is 19.9 Å². The number of methoxy groups -OCH3 is 1. The van der Waals surface area contributed by atoms with E-state index >= 15 is 0 Å². The Hall–Kier alpha value is -3.33. The van der Waals surface area contributed by atoms with Gasteiger partial charge in [-0.25, -0.2) is 9.97 Å². The van der Waals surface area contributed by atoms with Crippen LogP contribution in [0.25, 0.3) is 22.6 Å². The summed E-state index contributed by atoms with van der Waals surface area (Å²) in [6, 6.07) is 5.76. The summed E-state index contributed by atoms with van der Waals surface area (Å²) in [5.41, 5.74) is 3.75. The van der Waals surface area contributed by atoms with Crippen LogP contribution in [0, 0.1) is 6.92 Å². The van der Waals surface area contributed by atoms with E-state index in [0.717, 1.165) is 28.2 Å². The average Bonchev–Trinajstić information content (AvgIpc) is 3.38. The molecule has 1 fully saturated rings. The minimum atomic E-state index is -0.267. The molecule has 0 saturated carbocycles. The van der Waals surface area contributed by atoms with Crippen LogP contribution in [0.4, 0.5) is 11.6 Å². The highest BCUT2D eigenvalue weighted by Gasteiger charge is 2.42. The standard InChI is InChI=1S/C19H19N7O2/c1-10-5-11(16-21-9-22-25-16)3-4-13(10)14-7-20-17-18(23-14)26-8-12(28-2)6-15(26)19(27)24-17/h3-5,7,9,12,15H,6,8H2,1-2H3,(H,20,24,27)(H,21,22,25)/t12?,15-/m1/s1. The molecule has 1 saturated heterocycles. The van der Waals surface area contributed by atoms with Crippen molar-refractivity contribution in [1.82, 2.24) is 25.1 Å². The van der Waals surface area contributed by atoms with E-state index in [1.54, 1.807) is 19.6 Å². The topological polar surface area (TPSA) is 109 Å². The number of hydrogen-bond acceptors (Lipinski definition) is 7. The summed E-state index contributed by atoms with van der Waals surface area (Å²) < 4.78 is 5.47. The molecule has 2 atom stereocenters. The van der Waals surface area contributed by atoms with Gasteiger partial charge in [-0.3, -0.25) is 4.79 Å². The fourth-order valence-corrected chi connectivity index (χ4v) is 3.89. The second-order valence-electron chi connectivity index (χ2n) is 7.05. The normalized spacial score (nSPS) is 20.6. The molecule has 3 aromatic rings. The van der Waals surface area contributed by atoms with Crippen LogP contribution in [0.2, 0.25) is 0 Å². The molecule has 0 bridgehead atoms. The Labute approximate surface area is 161 Å². The van der Waals surface area contributed by atoms with Crippen molar-refractivity contribution in [3.05, 3.63) is 36.3 Å². The number of carbonyl (C=O) groups is 1. The zero-order valence-electron chi connectivity index (χ0n) is 15.5. The molecule has 1 unspecified atom stereocenters. The van der Waals surface area contributed by atoms with Gasteiger partial charge in [-0.05, 0) is 18.6 Å². The Morgan fingerprint density at radius 3 is 2.96 bits per heavy atom. The van der Waals surface area contributed by atoms with Crippen molar-refractivity contribution in [2.45, 2.75) is 25.5 Å². The molecular formula is C19H19N7O2. The smallest absolute Gasteiger partial charge is 0.248 e. The summed E-state index contributed by atoms with van der Waals surface area (Å²) >= 11 is 0. The molecule has 0 spiro atoms. The van der Waals surface area contributed by atoms with Gasteiger partial charge in [-0.2, -0.15) is 0 Å². The van der Waals surface area contributed by atoms with E-state index in [-0.39, 0.29) is 18.1 Å². The molecule has 2 aliphatic rings. The van der Waals surface area contributed by atoms with E-state index in [0.29, 0.717) is 24.6 Å². The molecule has 4 heterocycles. The fraction of sp³-hybridized carbons (Fsp3) is 0.316. The summed E-state index contributed by atoms with van der Waals surface area (Å²) in [6.45, 7) is 2.65. The zero-order chi connectivity index (χ0) is 19.3. The highest BCUT2D eigenvalue weighted by Crippen LogP contribution is 2.36.